The van der Waals surface area contributed by atoms with Crippen molar-refractivity contribution < 1.29 is 12.9 Å². The molecule has 0 bridgehead atoms. The Morgan fingerprint density at radius 2 is 2.00 bits per heavy atom. The van der Waals surface area contributed by atoms with E-state index in [-0.39, 0.29) is 19.0 Å². The topological polar surface area (TPSA) is 120 Å². The summed E-state index contributed by atoms with van der Waals surface area (Å²) < 4.78 is 34.7. The Morgan fingerprint density at radius 3 is 2.68 bits per heavy atom. The summed E-state index contributed by atoms with van der Waals surface area (Å²) in [5.41, 5.74) is -1.41. The zero-order valence-electron chi connectivity index (χ0n) is 16.5. The van der Waals surface area contributed by atoms with Crippen molar-refractivity contribution in [3.05, 3.63) is 38.8 Å². The Labute approximate surface area is 162 Å². The van der Waals surface area contributed by atoms with Crippen LogP contribution in [0.5, 0.6) is 0 Å². The predicted octanol–water partition coefficient (Wildman–Crippen LogP) is 0.234. The number of piperidine rings is 1. The lowest BCUT2D eigenvalue weighted by atomic mass is 10.00. The van der Waals surface area contributed by atoms with Crippen LogP contribution in [0.4, 0.5) is 0 Å². The molecule has 0 spiro atoms. The van der Waals surface area contributed by atoms with Crippen LogP contribution in [0.25, 0.3) is 0 Å². The number of sulfonamides is 1. The second-order valence-corrected chi connectivity index (χ2v) is 9.51. The summed E-state index contributed by atoms with van der Waals surface area (Å²) in [6.07, 6.45) is 3.10. The van der Waals surface area contributed by atoms with Crippen LogP contribution in [0.3, 0.4) is 0 Å². The van der Waals surface area contributed by atoms with E-state index in [1.54, 1.807) is 0 Å². The van der Waals surface area contributed by atoms with Crippen LogP contribution >= 0.6 is 0 Å². The van der Waals surface area contributed by atoms with Crippen LogP contribution in [-0.2, 0) is 30.5 Å². The number of aryl methyl sites for hydroxylation is 1. The van der Waals surface area contributed by atoms with Crippen molar-refractivity contribution in [3.8, 4) is 0 Å². The van der Waals surface area contributed by atoms with Crippen molar-refractivity contribution in [1.82, 2.24) is 23.6 Å². The quantitative estimate of drug-likeness (QED) is 0.691. The first kappa shape index (κ1) is 20.5. The van der Waals surface area contributed by atoms with E-state index < -0.39 is 26.2 Å². The van der Waals surface area contributed by atoms with Crippen LogP contribution in [0.1, 0.15) is 44.3 Å². The molecule has 0 radical (unpaired) electrons. The third kappa shape index (κ3) is 3.81. The lowest BCUT2D eigenvalue weighted by Crippen LogP contribution is -2.45. The third-order valence-corrected chi connectivity index (χ3v) is 6.69. The van der Waals surface area contributed by atoms with Crippen LogP contribution < -0.4 is 11.2 Å². The monoisotopic (exact) mass is 411 g/mol. The molecule has 3 heterocycles. The highest BCUT2D eigenvalue weighted by molar-refractivity contribution is 7.89. The zero-order chi connectivity index (χ0) is 20.6. The van der Waals surface area contributed by atoms with Gasteiger partial charge in [0.2, 0.25) is 15.9 Å². The molecule has 10 nitrogen and oxygen atoms in total. The first-order chi connectivity index (χ1) is 13.1. The van der Waals surface area contributed by atoms with Gasteiger partial charge in [-0.05, 0) is 18.8 Å². The second kappa shape index (κ2) is 7.63. The fourth-order valence-electron chi connectivity index (χ4n) is 3.33. The summed E-state index contributed by atoms with van der Waals surface area (Å²) in [6, 6.07) is 0. The number of aromatic nitrogens is 4. The van der Waals surface area contributed by atoms with E-state index in [1.807, 2.05) is 0 Å². The Morgan fingerprint density at radius 1 is 1.29 bits per heavy atom. The second-order valence-electron chi connectivity index (χ2n) is 7.60. The molecule has 28 heavy (non-hydrogen) atoms. The molecule has 1 fully saturated rings. The molecule has 1 aliphatic heterocycles. The smallest absolute Gasteiger partial charge is 0.330 e. The Kier molecular flexibility index (Phi) is 5.57. The highest BCUT2D eigenvalue weighted by Crippen LogP contribution is 2.29. The fraction of sp³-hybridized carbons (Fsp3) is 0.647. The van der Waals surface area contributed by atoms with Gasteiger partial charge < -0.3 is 9.09 Å². The molecule has 0 aromatic carbocycles. The highest BCUT2D eigenvalue weighted by Gasteiger charge is 2.35. The summed E-state index contributed by atoms with van der Waals surface area (Å²) in [6.45, 7) is 4.55. The van der Waals surface area contributed by atoms with Gasteiger partial charge in [-0.2, -0.15) is 9.29 Å². The molecule has 0 aliphatic carbocycles. The van der Waals surface area contributed by atoms with Gasteiger partial charge in [-0.3, -0.25) is 9.36 Å². The Hall–Kier alpha value is -2.27. The molecular weight excluding hydrogens is 386 g/mol. The first-order valence-corrected chi connectivity index (χ1v) is 10.6. The average Bonchev–Trinajstić information content (AvgIpc) is 3.10. The van der Waals surface area contributed by atoms with Crippen molar-refractivity contribution in [2.45, 2.75) is 43.9 Å². The maximum absolute atomic E-state index is 13.1. The van der Waals surface area contributed by atoms with Gasteiger partial charge in [0.15, 0.2) is 10.7 Å². The number of hydrogen-bond donors (Lipinski definition) is 0. The summed E-state index contributed by atoms with van der Waals surface area (Å²) in [7, 11) is -1.38. The molecule has 0 amide bonds. The molecule has 1 unspecified atom stereocenters. The number of nitrogens with zero attached hydrogens (tertiary/aromatic N) is 5. The van der Waals surface area contributed by atoms with Crippen molar-refractivity contribution in [1.29, 1.82) is 0 Å². The summed E-state index contributed by atoms with van der Waals surface area (Å²) >= 11 is 0. The molecule has 11 heteroatoms. The summed E-state index contributed by atoms with van der Waals surface area (Å²) in [4.78, 5) is 28.2. The molecule has 154 valence electrons. The SMILES string of the molecule is CC(C)Cc1noc(C2CCCN(S(=O)(=O)c3cn(C)c(=O)n(C)c3=O)C2)n1. The highest BCUT2D eigenvalue weighted by atomic mass is 32.2. The minimum Gasteiger partial charge on any atom is -0.339 e. The standard InChI is InChI=1S/C17H25N5O5S/c1-11(2)8-14-18-15(27-19-14)12-6-5-7-22(9-12)28(25,26)13-10-20(3)17(24)21(4)16(13)23/h10-12H,5-9H2,1-4H3. The molecule has 1 atom stereocenters. The maximum Gasteiger partial charge on any atom is 0.330 e. The van der Waals surface area contributed by atoms with Gasteiger partial charge in [-0.1, -0.05) is 19.0 Å². The fourth-order valence-corrected chi connectivity index (χ4v) is 5.01. The number of hydrogen-bond acceptors (Lipinski definition) is 7. The van der Waals surface area contributed by atoms with Crippen LogP contribution in [0, 0.1) is 5.92 Å². The van der Waals surface area contributed by atoms with E-state index in [9.17, 15) is 18.0 Å². The largest absolute Gasteiger partial charge is 0.339 e. The van der Waals surface area contributed by atoms with E-state index in [4.69, 9.17) is 4.52 Å². The van der Waals surface area contributed by atoms with E-state index in [1.165, 1.54) is 18.4 Å². The van der Waals surface area contributed by atoms with Gasteiger partial charge in [0, 0.05) is 39.8 Å². The number of rotatable bonds is 5. The zero-order valence-corrected chi connectivity index (χ0v) is 17.3. The van der Waals surface area contributed by atoms with E-state index in [0.717, 1.165) is 21.8 Å². The molecule has 3 rings (SSSR count). The molecule has 1 aliphatic rings. The van der Waals surface area contributed by atoms with Crippen molar-refractivity contribution in [2.75, 3.05) is 13.1 Å². The van der Waals surface area contributed by atoms with Crippen molar-refractivity contribution >= 4 is 10.0 Å². The van der Waals surface area contributed by atoms with E-state index >= 15 is 0 Å². The summed E-state index contributed by atoms with van der Waals surface area (Å²) in [5.74, 6) is 1.18. The minimum absolute atomic E-state index is 0.150. The van der Waals surface area contributed by atoms with Gasteiger partial charge in [0.05, 0.1) is 5.92 Å². The molecule has 0 saturated carbocycles. The Balaban J connectivity index is 1.89. The van der Waals surface area contributed by atoms with Crippen molar-refractivity contribution in [3.63, 3.8) is 0 Å². The lowest BCUT2D eigenvalue weighted by molar-refractivity contribution is 0.264. The van der Waals surface area contributed by atoms with Crippen LogP contribution in [0.15, 0.2) is 25.2 Å². The van der Waals surface area contributed by atoms with Gasteiger partial charge >= 0.3 is 5.69 Å². The van der Waals surface area contributed by atoms with Crippen LogP contribution in [-0.4, -0.2) is 45.1 Å². The average molecular weight is 411 g/mol. The third-order valence-electron chi connectivity index (χ3n) is 4.84. The van der Waals surface area contributed by atoms with Gasteiger partial charge in [0.25, 0.3) is 5.56 Å². The van der Waals surface area contributed by atoms with Gasteiger partial charge in [0.1, 0.15) is 0 Å². The molecule has 0 N–H and O–H groups in total. The summed E-state index contributed by atoms with van der Waals surface area (Å²) in [5, 5.41) is 3.98. The Bertz CT molecular complexity index is 1080. The normalized spacial score (nSPS) is 18.7. The van der Waals surface area contributed by atoms with Crippen LogP contribution in [0.2, 0.25) is 0 Å². The van der Waals surface area contributed by atoms with E-state index in [2.05, 4.69) is 24.0 Å². The van der Waals surface area contributed by atoms with Gasteiger partial charge in [-0.25, -0.2) is 13.2 Å². The minimum atomic E-state index is -4.06. The molecule has 2 aromatic heterocycles. The molecular formula is C17H25N5O5S. The van der Waals surface area contributed by atoms with E-state index in [0.29, 0.717) is 30.5 Å². The molecule has 1 saturated heterocycles. The molecule has 2 aromatic rings. The predicted molar refractivity (Wildman–Crippen MR) is 100 cm³/mol. The first-order valence-electron chi connectivity index (χ1n) is 9.20. The van der Waals surface area contributed by atoms with Crippen molar-refractivity contribution in [2.24, 2.45) is 20.0 Å². The van der Waals surface area contributed by atoms with Gasteiger partial charge in [-0.15, -0.1) is 0 Å². The lowest BCUT2D eigenvalue weighted by Gasteiger charge is -2.30. The maximum atomic E-state index is 13.1.